The highest BCUT2D eigenvalue weighted by molar-refractivity contribution is 5.66. The van der Waals surface area contributed by atoms with Gasteiger partial charge in [0, 0.05) is 18.8 Å². The molecule has 0 radical (unpaired) electrons. The Morgan fingerprint density at radius 1 is 1.00 bits per heavy atom. The molecular weight excluding hydrogens is 230 g/mol. The monoisotopic (exact) mass is 261 g/mol. The Labute approximate surface area is 120 Å². The van der Waals surface area contributed by atoms with Crippen molar-refractivity contribution >= 4 is 11.3 Å². The van der Waals surface area contributed by atoms with Crippen LogP contribution in [0.25, 0.3) is 5.57 Å². The van der Waals surface area contributed by atoms with E-state index in [4.69, 9.17) is 0 Å². The fourth-order valence-corrected chi connectivity index (χ4v) is 2.12. The average Bonchev–Trinajstić information content (AvgIpc) is 2.52. The van der Waals surface area contributed by atoms with E-state index in [9.17, 15) is 0 Å². The standard InChI is InChI=1S/C14H19N.2C2H6/c1-12(2)13-7-6-8-14(11-13)15-9-4-3-5-10-15;2*1-2/h6-8,11H,1,3-5,9-10H2,2H3;2*1-2H3. The van der Waals surface area contributed by atoms with Crippen molar-refractivity contribution in [2.75, 3.05) is 18.0 Å². The van der Waals surface area contributed by atoms with Crippen LogP contribution >= 0.6 is 0 Å². The minimum Gasteiger partial charge on any atom is -0.372 e. The number of benzene rings is 1. The van der Waals surface area contributed by atoms with Crippen molar-refractivity contribution in [3.63, 3.8) is 0 Å². The van der Waals surface area contributed by atoms with Gasteiger partial charge < -0.3 is 4.90 Å². The third kappa shape index (κ3) is 5.96. The fraction of sp³-hybridized carbons (Fsp3) is 0.556. The highest BCUT2D eigenvalue weighted by Crippen LogP contribution is 2.23. The van der Waals surface area contributed by atoms with Crippen LogP contribution in [0.5, 0.6) is 0 Å². The molecule has 1 aliphatic rings. The molecule has 0 N–H and O–H groups in total. The zero-order valence-electron chi connectivity index (χ0n) is 13.5. The first-order chi connectivity index (χ1) is 9.27. The molecule has 0 spiro atoms. The van der Waals surface area contributed by atoms with Crippen LogP contribution in [0, 0.1) is 0 Å². The normalized spacial score (nSPS) is 13.6. The molecule has 1 saturated heterocycles. The van der Waals surface area contributed by atoms with Gasteiger partial charge in [0.2, 0.25) is 0 Å². The van der Waals surface area contributed by atoms with E-state index in [1.54, 1.807) is 0 Å². The highest BCUT2D eigenvalue weighted by atomic mass is 15.1. The fourth-order valence-electron chi connectivity index (χ4n) is 2.12. The van der Waals surface area contributed by atoms with Crippen LogP contribution < -0.4 is 4.90 Å². The minimum atomic E-state index is 1.15. The molecule has 0 bridgehead atoms. The first-order valence-electron chi connectivity index (χ1n) is 7.78. The quantitative estimate of drug-likeness (QED) is 0.654. The first kappa shape index (κ1) is 17.8. The van der Waals surface area contributed by atoms with Gasteiger partial charge in [0.25, 0.3) is 0 Å². The van der Waals surface area contributed by atoms with Crippen molar-refractivity contribution in [3.05, 3.63) is 36.4 Å². The number of hydrogen-bond donors (Lipinski definition) is 0. The van der Waals surface area contributed by atoms with Crippen molar-refractivity contribution in [1.82, 2.24) is 0 Å². The molecular formula is C18H31N. The molecule has 1 aromatic carbocycles. The topological polar surface area (TPSA) is 3.24 Å². The summed E-state index contributed by atoms with van der Waals surface area (Å²) in [7, 11) is 0. The van der Waals surface area contributed by atoms with Crippen molar-refractivity contribution in [1.29, 1.82) is 0 Å². The number of piperidine rings is 1. The molecule has 0 amide bonds. The molecule has 1 nitrogen and oxygen atoms in total. The Morgan fingerprint density at radius 3 is 2.11 bits per heavy atom. The lowest BCUT2D eigenvalue weighted by atomic mass is 10.1. The number of anilines is 1. The highest BCUT2D eigenvalue weighted by Gasteiger charge is 2.10. The van der Waals surface area contributed by atoms with Crippen LogP contribution in [-0.2, 0) is 0 Å². The maximum absolute atomic E-state index is 3.99. The largest absolute Gasteiger partial charge is 0.372 e. The third-order valence-electron chi connectivity index (χ3n) is 3.06. The lowest BCUT2D eigenvalue weighted by Crippen LogP contribution is -2.29. The van der Waals surface area contributed by atoms with Gasteiger partial charge in [0.15, 0.2) is 0 Å². The summed E-state index contributed by atoms with van der Waals surface area (Å²) in [5, 5.41) is 0. The summed E-state index contributed by atoms with van der Waals surface area (Å²) >= 11 is 0. The predicted molar refractivity (Wildman–Crippen MR) is 89.9 cm³/mol. The predicted octanol–water partition coefficient (Wildman–Crippen LogP) is 5.76. The first-order valence-corrected chi connectivity index (χ1v) is 7.78. The Kier molecular flexibility index (Phi) is 9.97. The maximum atomic E-state index is 3.99. The van der Waals surface area contributed by atoms with Crippen LogP contribution in [0.2, 0.25) is 0 Å². The molecule has 0 atom stereocenters. The van der Waals surface area contributed by atoms with E-state index in [2.05, 4.69) is 42.7 Å². The molecule has 2 rings (SSSR count). The summed E-state index contributed by atoms with van der Waals surface area (Å²) < 4.78 is 0. The van der Waals surface area contributed by atoms with E-state index >= 15 is 0 Å². The van der Waals surface area contributed by atoms with Crippen LogP contribution in [-0.4, -0.2) is 13.1 Å². The molecule has 0 aromatic heterocycles. The van der Waals surface area contributed by atoms with Crippen LogP contribution in [0.3, 0.4) is 0 Å². The van der Waals surface area contributed by atoms with Gasteiger partial charge in [-0.05, 0) is 43.9 Å². The summed E-state index contributed by atoms with van der Waals surface area (Å²) in [6, 6.07) is 8.73. The molecule has 1 aromatic rings. The second-order valence-electron chi connectivity index (χ2n) is 4.38. The van der Waals surface area contributed by atoms with Crippen LogP contribution in [0.4, 0.5) is 5.69 Å². The average molecular weight is 261 g/mol. The summed E-state index contributed by atoms with van der Waals surface area (Å²) in [6.07, 6.45) is 4.05. The van der Waals surface area contributed by atoms with E-state index in [1.165, 1.54) is 43.6 Å². The van der Waals surface area contributed by atoms with Gasteiger partial charge in [-0.3, -0.25) is 0 Å². The number of nitrogens with zero attached hydrogens (tertiary/aromatic N) is 1. The van der Waals surface area contributed by atoms with E-state index in [0.717, 1.165) is 5.57 Å². The number of allylic oxidation sites excluding steroid dienone is 1. The second kappa shape index (κ2) is 10.7. The van der Waals surface area contributed by atoms with Gasteiger partial charge in [-0.2, -0.15) is 0 Å². The third-order valence-corrected chi connectivity index (χ3v) is 3.06. The lowest BCUT2D eigenvalue weighted by molar-refractivity contribution is 0.578. The molecule has 0 aliphatic carbocycles. The van der Waals surface area contributed by atoms with Crippen molar-refractivity contribution in [2.24, 2.45) is 0 Å². The maximum Gasteiger partial charge on any atom is 0.0372 e. The minimum absolute atomic E-state index is 1.15. The van der Waals surface area contributed by atoms with E-state index in [-0.39, 0.29) is 0 Å². The zero-order chi connectivity index (χ0) is 14.7. The van der Waals surface area contributed by atoms with Crippen LogP contribution in [0.1, 0.15) is 59.4 Å². The van der Waals surface area contributed by atoms with Gasteiger partial charge >= 0.3 is 0 Å². The molecule has 1 heteroatoms. The lowest BCUT2D eigenvalue weighted by Gasteiger charge is -2.29. The smallest absolute Gasteiger partial charge is 0.0372 e. The summed E-state index contributed by atoms with van der Waals surface area (Å²) in [6.45, 7) is 16.5. The number of rotatable bonds is 2. The Morgan fingerprint density at radius 2 is 1.58 bits per heavy atom. The Bertz CT molecular complexity index is 348. The van der Waals surface area contributed by atoms with Crippen molar-refractivity contribution in [3.8, 4) is 0 Å². The van der Waals surface area contributed by atoms with Gasteiger partial charge in [-0.1, -0.05) is 52.0 Å². The molecule has 108 valence electrons. The molecule has 0 unspecified atom stereocenters. The summed E-state index contributed by atoms with van der Waals surface area (Å²) in [5.74, 6) is 0. The molecule has 0 saturated carbocycles. The Balaban J connectivity index is 0.000000741. The van der Waals surface area contributed by atoms with Gasteiger partial charge in [0.05, 0.1) is 0 Å². The van der Waals surface area contributed by atoms with Gasteiger partial charge in [-0.25, -0.2) is 0 Å². The molecule has 1 aliphatic heterocycles. The zero-order valence-corrected chi connectivity index (χ0v) is 13.5. The van der Waals surface area contributed by atoms with Crippen molar-refractivity contribution < 1.29 is 0 Å². The van der Waals surface area contributed by atoms with E-state index < -0.39 is 0 Å². The Hall–Kier alpha value is -1.24. The van der Waals surface area contributed by atoms with Gasteiger partial charge in [0.1, 0.15) is 0 Å². The summed E-state index contributed by atoms with van der Waals surface area (Å²) in [5.41, 5.74) is 3.77. The second-order valence-corrected chi connectivity index (χ2v) is 4.38. The van der Waals surface area contributed by atoms with E-state index in [0.29, 0.717) is 0 Å². The van der Waals surface area contributed by atoms with E-state index in [1.807, 2.05) is 27.7 Å². The van der Waals surface area contributed by atoms with Gasteiger partial charge in [-0.15, -0.1) is 0 Å². The number of hydrogen-bond acceptors (Lipinski definition) is 1. The van der Waals surface area contributed by atoms with Crippen LogP contribution in [0.15, 0.2) is 30.8 Å². The molecule has 1 fully saturated rings. The SMILES string of the molecule is C=C(C)c1cccc(N2CCCCC2)c1.CC.CC. The summed E-state index contributed by atoms with van der Waals surface area (Å²) in [4.78, 5) is 2.48. The molecule has 1 heterocycles. The van der Waals surface area contributed by atoms with Crippen molar-refractivity contribution in [2.45, 2.75) is 53.9 Å². The molecule has 19 heavy (non-hydrogen) atoms.